The maximum atomic E-state index is 5.40. The minimum absolute atomic E-state index is 0.458. The van der Waals surface area contributed by atoms with Gasteiger partial charge in [-0.3, -0.25) is 0 Å². The van der Waals surface area contributed by atoms with E-state index in [0.717, 1.165) is 30.2 Å². The highest BCUT2D eigenvalue weighted by molar-refractivity contribution is 5.55. The van der Waals surface area contributed by atoms with Crippen molar-refractivity contribution >= 4 is 0 Å². The third kappa shape index (κ3) is 3.42. The van der Waals surface area contributed by atoms with Gasteiger partial charge in [-0.15, -0.1) is 0 Å². The first-order valence-corrected chi connectivity index (χ1v) is 7.50. The van der Waals surface area contributed by atoms with Crippen molar-refractivity contribution in [3.05, 3.63) is 30.2 Å². The van der Waals surface area contributed by atoms with E-state index in [1.807, 2.05) is 24.3 Å². The average molecular weight is 287 g/mol. The summed E-state index contributed by atoms with van der Waals surface area (Å²) in [5.74, 6) is 2.93. The molecule has 5 heteroatoms. The van der Waals surface area contributed by atoms with Crippen molar-refractivity contribution in [1.29, 1.82) is 0 Å². The number of likely N-dealkylation sites (N-methyl/N-ethyl adjacent to an activating group) is 1. The van der Waals surface area contributed by atoms with E-state index in [1.165, 1.54) is 12.8 Å². The number of nitrogens with zero attached hydrogens (tertiary/aromatic N) is 2. The molecule has 1 heterocycles. The number of hydrogen-bond acceptors (Lipinski definition) is 5. The molecule has 1 N–H and O–H groups in total. The largest absolute Gasteiger partial charge is 0.497 e. The average Bonchev–Trinajstić information content (AvgIpc) is 3.27. The Hall–Kier alpha value is -1.88. The molecule has 112 valence electrons. The number of rotatable bonds is 7. The van der Waals surface area contributed by atoms with Crippen LogP contribution in [0.4, 0.5) is 0 Å². The predicted octanol–water partition coefficient (Wildman–Crippen LogP) is 2.68. The van der Waals surface area contributed by atoms with Gasteiger partial charge < -0.3 is 14.6 Å². The highest BCUT2D eigenvalue weighted by atomic mass is 16.5. The van der Waals surface area contributed by atoms with Gasteiger partial charge in [0.05, 0.1) is 7.11 Å². The summed E-state index contributed by atoms with van der Waals surface area (Å²) in [7, 11) is 1.65. The van der Waals surface area contributed by atoms with Crippen molar-refractivity contribution in [2.75, 3.05) is 13.7 Å². The highest BCUT2D eigenvalue weighted by Crippen LogP contribution is 2.34. The van der Waals surface area contributed by atoms with Crippen molar-refractivity contribution in [2.45, 2.75) is 32.2 Å². The van der Waals surface area contributed by atoms with Gasteiger partial charge in [-0.1, -0.05) is 12.1 Å². The Morgan fingerprint density at radius 2 is 2.10 bits per heavy atom. The molecule has 1 aliphatic rings. The maximum absolute atomic E-state index is 5.40. The van der Waals surface area contributed by atoms with Crippen molar-refractivity contribution < 1.29 is 9.26 Å². The van der Waals surface area contributed by atoms with E-state index in [-0.39, 0.29) is 0 Å². The standard InChI is InChI=1S/C16H21N3O2/c1-3-17-14(11-4-5-11)10-15-18-16(19-21-15)12-6-8-13(20-2)9-7-12/h6-9,11,14,17H,3-5,10H2,1-2H3. The van der Waals surface area contributed by atoms with Gasteiger partial charge in [-0.05, 0) is 49.6 Å². The number of ether oxygens (including phenoxy) is 1. The number of hydrogen-bond donors (Lipinski definition) is 1. The van der Waals surface area contributed by atoms with Crippen LogP contribution >= 0.6 is 0 Å². The SMILES string of the molecule is CCNC(Cc1nc(-c2ccc(OC)cc2)no1)C1CC1. The lowest BCUT2D eigenvalue weighted by Gasteiger charge is -2.14. The van der Waals surface area contributed by atoms with Gasteiger partial charge in [0, 0.05) is 18.0 Å². The Balaban J connectivity index is 1.69. The molecular formula is C16H21N3O2. The molecule has 0 bridgehead atoms. The Kier molecular flexibility index (Phi) is 4.20. The van der Waals surface area contributed by atoms with E-state index in [1.54, 1.807) is 7.11 Å². The lowest BCUT2D eigenvalue weighted by molar-refractivity contribution is 0.348. The lowest BCUT2D eigenvalue weighted by Crippen LogP contribution is -2.33. The van der Waals surface area contributed by atoms with Crippen LogP contribution in [0.25, 0.3) is 11.4 Å². The Bertz CT molecular complexity index is 575. The molecule has 3 rings (SSSR count). The van der Waals surface area contributed by atoms with Gasteiger partial charge in [-0.25, -0.2) is 0 Å². The van der Waals surface area contributed by atoms with Crippen molar-refractivity contribution in [1.82, 2.24) is 15.5 Å². The fourth-order valence-electron chi connectivity index (χ4n) is 2.55. The molecule has 1 aromatic heterocycles. The van der Waals surface area contributed by atoms with Gasteiger partial charge >= 0.3 is 0 Å². The molecule has 1 atom stereocenters. The number of aromatic nitrogens is 2. The second kappa shape index (κ2) is 6.26. The maximum Gasteiger partial charge on any atom is 0.228 e. The van der Waals surface area contributed by atoms with Gasteiger partial charge in [0.2, 0.25) is 11.7 Å². The summed E-state index contributed by atoms with van der Waals surface area (Å²) < 4.78 is 10.5. The third-order valence-corrected chi connectivity index (χ3v) is 3.87. The van der Waals surface area contributed by atoms with Crippen molar-refractivity contribution in [3.8, 4) is 17.1 Å². The van der Waals surface area contributed by atoms with Crippen LogP contribution in [-0.4, -0.2) is 29.8 Å². The summed E-state index contributed by atoms with van der Waals surface area (Å²) >= 11 is 0. The quantitative estimate of drug-likeness (QED) is 0.848. The van der Waals surface area contributed by atoms with Crippen LogP contribution in [0.5, 0.6) is 5.75 Å². The monoisotopic (exact) mass is 287 g/mol. The molecule has 5 nitrogen and oxygen atoms in total. The molecule has 0 spiro atoms. The first kappa shape index (κ1) is 14.1. The second-order valence-corrected chi connectivity index (χ2v) is 5.45. The molecule has 2 aromatic rings. The molecule has 1 unspecified atom stereocenters. The fourth-order valence-corrected chi connectivity index (χ4v) is 2.55. The molecular weight excluding hydrogens is 266 g/mol. The van der Waals surface area contributed by atoms with Crippen LogP contribution < -0.4 is 10.1 Å². The minimum atomic E-state index is 0.458. The van der Waals surface area contributed by atoms with Crippen LogP contribution in [0.15, 0.2) is 28.8 Å². The molecule has 1 aromatic carbocycles. The zero-order valence-corrected chi connectivity index (χ0v) is 12.5. The van der Waals surface area contributed by atoms with Crippen LogP contribution in [-0.2, 0) is 6.42 Å². The molecule has 0 saturated heterocycles. The van der Waals surface area contributed by atoms with E-state index in [0.29, 0.717) is 17.8 Å². The number of methoxy groups -OCH3 is 1. The number of nitrogens with one attached hydrogen (secondary N) is 1. The molecule has 1 aliphatic carbocycles. The Morgan fingerprint density at radius 3 is 2.71 bits per heavy atom. The van der Waals surface area contributed by atoms with E-state index in [9.17, 15) is 0 Å². The van der Waals surface area contributed by atoms with Crippen LogP contribution in [0.2, 0.25) is 0 Å². The van der Waals surface area contributed by atoms with Gasteiger partial charge in [0.25, 0.3) is 0 Å². The fraction of sp³-hybridized carbons (Fsp3) is 0.500. The topological polar surface area (TPSA) is 60.2 Å². The summed E-state index contributed by atoms with van der Waals surface area (Å²) in [6.45, 7) is 3.10. The van der Waals surface area contributed by atoms with Gasteiger partial charge in [0.1, 0.15) is 5.75 Å². The highest BCUT2D eigenvalue weighted by Gasteiger charge is 2.31. The van der Waals surface area contributed by atoms with E-state index in [4.69, 9.17) is 9.26 Å². The summed E-state index contributed by atoms with van der Waals surface area (Å²) in [5.41, 5.74) is 0.942. The Labute approximate surface area is 124 Å². The molecule has 0 radical (unpaired) electrons. The van der Waals surface area contributed by atoms with Crippen LogP contribution in [0.3, 0.4) is 0 Å². The minimum Gasteiger partial charge on any atom is -0.497 e. The smallest absolute Gasteiger partial charge is 0.228 e. The summed E-state index contributed by atoms with van der Waals surface area (Å²) in [6, 6.07) is 8.14. The second-order valence-electron chi connectivity index (χ2n) is 5.45. The van der Waals surface area contributed by atoms with Gasteiger partial charge in [0.15, 0.2) is 0 Å². The summed E-state index contributed by atoms with van der Waals surface area (Å²) in [6.07, 6.45) is 3.41. The first-order valence-electron chi connectivity index (χ1n) is 7.50. The normalized spacial score (nSPS) is 15.9. The van der Waals surface area contributed by atoms with E-state index < -0.39 is 0 Å². The third-order valence-electron chi connectivity index (χ3n) is 3.87. The summed E-state index contributed by atoms with van der Waals surface area (Å²) in [4.78, 5) is 4.51. The van der Waals surface area contributed by atoms with Crippen molar-refractivity contribution in [3.63, 3.8) is 0 Å². The molecule has 1 saturated carbocycles. The van der Waals surface area contributed by atoms with Crippen LogP contribution in [0, 0.1) is 5.92 Å². The zero-order valence-electron chi connectivity index (χ0n) is 12.5. The van der Waals surface area contributed by atoms with E-state index in [2.05, 4.69) is 22.4 Å². The molecule has 0 aliphatic heterocycles. The zero-order chi connectivity index (χ0) is 14.7. The predicted molar refractivity (Wildman–Crippen MR) is 80.2 cm³/mol. The lowest BCUT2D eigenvalue weighted by atomic mass is 10.1. The summed E-state index contributed by atoms with van der Waals surface area (Å²) in [5, 5.41) is 7.59. The molecule has 0 amide bonds. The van der Waals surface area contributed by atoms with Crippen LogP contribution in [0.1, 0.15) is 25.7 Å². The van der Waals surface area contributed by atoms with Gasteiger partial charge in [-0.2, -0.15) is 4.98 Å². The first-order chi connectivity index (χ1) is 10.3. The van der Waals surface area contributed by atoms with E-state index >= 15 is 0 Å². The Morgan fingerprint density at radius 1 is 1.33 bits per heavy atom. The molecule has 1 fully saturated rings. The number of benzene rings is 1. The van der Waals surface area contributed by atoms with Crippen molar-refractivity contribution in [2.24, 2.45) is 5.92 Å². The molecule has 21 heavy (non-hydrogen) atoms.